The van der Waals surface area contributed by atoms with E-state index in [2.05, 4.69) is 70.3 Å². The predicted octanol–water partition coefficient (Wildman–Crippen LogP) is 4.18. The van der Waals surface area contributed by atoms with E-state index in [1.54, 1.807) is 12.4 Å². The minimum Gasteiger partial charge on any atom is -0.414 e. The zero-order chi connectivity index (χ0) is 26.4. The molecule has 36 heavy (non-hydrogen) atoms. The summed E-state index contributed by atoms with van der Waals surface area (Å²) in [5, 5.41) is 9.99. The molecule has 0 bridgehead atoms. The molecule has 2 aromatic heterocycles. The molecule has 200 valence electrons. The first-order valence-electron chi connectivity index (χ1n) is 12.9. The number of fused-ring (bicyclic) bond motifs is 2. The lowest BCUT2D eigenvalue weighted by Crippen LogP contribution is -2.65. The minimum absolute atomic E-state index is 0.151. The molecule has 0 saturated carbocycles. The quantitative estimate of drug-likeness (QED) is 0.413. The van der Waals surface area contributed by atoms with Crippen molar-refractivity contribution < 1.29 is 22.8 Å². The summed E-state index contributed by atoms with van der Waals surface area (Å²) in [5.41, 5.74) is 8.76. The van der Waals surface area contributed by atoms with Gasteiger partial charge in [-0.3, -0.25) is 4.57 Å². The standard InChI is InChI=1S/C24H41N5O5Si2/c1-14(2)35(15(3)4)31-11-19-21(33-36(34-35,16(5)6)17(7)8)18(9-10-30)24(32-19)29-13-28-20-22(25)26-12-27-23(20)29/h9,12-17,19,21,24,30H,10-11H2,1-8H3,(H2,25,26,27)/b18-9-/t19-,21+,24-/m1/s1. The molecule has 2 aliphatic rings. The van der Waals surface area contributed by atoms with Crippen LogP contribution in [0, 0.1) is 0 Å². The maximum absolute atomic E-state index is 9.99. The van der Waals surface area contributed by atoms with Gasteiger partial charge in [0.15, 0.2) is 17.7 Å². The molecule has 4 heterocycles. The number of nitrogens with zero attached hydrogens (tertiary/aromatic N) is 4. The van der Waals surface area contributed by atoms with Crippen molar-refractivity contribution in [3.63, 3.8) is 0 Å². The van der Waals surface area contributed by atoms with Gasteiger partial charge in [-0.25, -0.2) is 15.0 Å². The Labute approximate surface area is 215 Å². The van der Waals surface area contributed by atoms with Crippen molar-refractivity contribution in [1.29, 1.82) is 0 Å². The Morgan fingerprint density at radius 1 is 1.03 bits per heavy atom. The first-order valence-corrected chi connectivity index (χ1v) is 16.8. The van der Waals surface area contributed by atoms with Crippen LogP contribution in [-0.2, 0) is 17.7 Å². The summed E-state index contributed by atoms with van der Waals surface area (Å²) < 4.78 is 29.8. The van der Waals surface area contributed by atoms with Crippen LogP contribution >= 0.6 is 0 Å². The molecule has 0 amide bonds. The third kappa shape index (κ3) is 4.36. The second-order valence-electron chi connectivity index (χ2n) is 11.0. The van der Waals surface area contributed by atoms with Crippen LogP contribution in [0.15, 0.2) is 24.3 Å². The van der Waals surface area contributed by atoms with Crippen LogP contribution in [0.5, 0.6) is 0 Å². The number of anilines is 1. The van der Waals surface area contributed by atoms with E-state index in [1.807, 2.05) is 4.57 Å². The SMILES string of the molecule is CC(C)[Si]1(C(C)C)OC[C@H]2O[C@@H](n3cnc4c(N)ncnc43)/C(=C\CO)[C@@H]2O[Si](C(C)C)(C(C)C)O1. The van der Waals surface area contributed by atoms with Crippen molar-refractivity contribution in [2.45, 2.75) is 96.0 Å². The molecule has 0 aromatic carbocycles. The zero-order valence-corrected chi connectivity index (χ0v) is 24.6. The van der Waals surface area contributed by atoms with Gasteiger partial charge in [0, 0.05) is 5.57 Å². The number of nitrogen functional groups attached to an aromatic ring is 1. The Kier molecular flexibility index (Phi) is 7.78. The number of ether oxygens (including phenoxy) is 1. The molecule has 12 heteroatoms. The highest BCUT2D eigenvalue weighted by molar-refractivity contribution is 6.84. The summed E-state index contributed by atoms with van der Waals surface area (Å²) in [6.45, 7) is 17.7. The molecular formula is C24H41N5O5Si2. The van der Waals surface area contributed by atoms with Crippen LogP contribution in [-0.4, -0.2) is 67.2 Å². The van der Waals surface area contributed by atoms with Crippen molar-refractivity contribution in [2.24, 2.45) is 0 Å². The Hall–Kier alpha value is -1.68. The molecule has 10 nitrogen and oxygen atoms in total. The highest BCUT2D eigenvalue weighted by Crippen LogP contribution is 2.49. The van der Waals surface area contributed by atoms with Gasteiger partial charge in [0.1, 0.15) is 24.1 Å². The Morgan fingerprint density at radius 3 is 2.25 bits per heavy atom. The lowest BCUT2D eigenvalue weighted by Gasteiger charge is -2.51. The van der Waals surface area contributed by atoms with Crippen LogP contribution in [0.4, 0.5) is 5.82 Å². The number of aliphatic hydroxyl groups is 1. The fourth-order valence-electron chi connectivity index (χ4n) is 5.66. The molecule has 0 radical (unpaired) electrons. The van der Waals surface area contributed by atoms with E-state index in [0.29, 0.717) is 23.6 Å². The second-order valence-corrected chi connectivity index (χ2v) is 19.9. The number of rotatable bonds is 6. The van der Waals surface area contributed by atoms with E-state index in [0.717, 1.165) is 5.57 Å². The monoisotopic (exact) mass is 535 g/mol. The third-order valence-corrected chi connectivity index (χ3v) is 17.8. The van der Waals surface area contributed by atoms with Gasteiger partial charge in [-0.15, -0.1) is 0 Å². The molecule has 0 unspecified atom stereocenters. The second kappa shape index (κ2) is 10.2. The van der Waals surface area contributed by atoms with Crippen LogP contribution in [0.3, 0.4) is 0 Å². The van der Waals surface area contributed by atoms with Gasteiger partial charge in [-0.1, -0.05) is 61.5 Å². The van der Waals surface area contributed by atoms with E-state index < -0.39 is 29.5 Å². The summed E-state index contributed by atoms with van der Waals surface area (Å²) in [6, 6.07) is 0. The average Bonchev–Trinajstić information content (AvgIpc) is 3.36. The van der Waals surface area contributed by atoms with Crippen LogP contribution in [0.25, 0.3) is 11.2 Å². The van der Waals surface area contributed by atoms with Crippen molar-refractivity contribution in [3.8, 4) is 0 Å². The zero-order valence-electron chi connectivity index (χ0n) is 22.6. The first kappa shape index (κ1) is 27.4. The van der Waals surface area contributed by atoms with Crippen LogP contribution < -0.4 is 5.73 Å². The minimum atomic E-state index is -2.85. The van der Waals surface area contributed by atoms with Gasteiger partial charge in [-0.05, 0) is 22.2 Å². The fraction of sp³-hybridized carbons (Fsp3) is 0.708. The summed E-state index contributed by atoms with van der Waals surface area (Å²) in [5.74, 6) is 0.305. The lowest BCUT2D eigenvalue weighted by molar-refractivity contribution is -0.0541. The smallest absolute Gasteiger partial charge is 0.335 e. The molecular weight excluding hydrogens is 494 g/mol. The number of aliphatic hydroxyl groups excluding tert-OH is 1. The molecule has 0 spiro atoms. The van der Waals surface area contributed by atoms with E-state index >= 15 is 0 Å². The Balaban J connectivity index is 1.84. The number of imidazole rings is 1. The third-order valence-electron chi connectivity index (χ3n) is 7.54. The summed E-state index contributed by atoms with van der Waals surface area (Å²) in [4.78, 5) is 12.9. The average molecular weight is 536 g/mol. The van der Waals surface area contributed by atoms with Gasteiger partial charge in [0.25, 0.3) is 0 Å². The molecule has 0 aliphatic carbocycles. The van der Waals surface area contributed by atoms with Gasteiger partial charge in [0.2, 0.25) is 0 Å². The molecule has 2 aliphatic heterocycles. The van der Waals surface area contributed by atoms with Crippen LogP contribution in [0.2, 0.25) is 22.2 Å². The van der Waals surface area contributed by atoms with E-state index in [1.165, 1.54) is 6.33 Å². The van der Waals surface area contributed by atoms with E-state index in [4.69, 9.17) is 23.4 Å². The lowest BCUT2D eigenvalue weighted by atomic mass is 10.1. The Morgan fingerprint density at radius 2 is 1.67 bits per heavy atom. The van der Waals surface area contributed by atoms with Gasteiger partial charge in [0.05, 0.1) is 19.5 Å². The molecule has 2 fully saturated rings. The maximum Gasteiger partial charge on any atom is 0.335 e. The van der Waals surface area contributed by atoms with E-state index in [9.17, 15) is 5.11 Å². The summed E-state index contributed by atoms with van der Waals surface area (Å²) in [6.07, 6.45) is 3.45. The molecule has 2 saturated heterocycles. The highest BCUT2D eigenvalue weighted by Gasteiger charge is 2.60. The fourth-order valence-corrected chi connectivity index (χ4v) is 16.8. The molecule has 4 rings (SSSR count). The van der Waals surface area contributed by atoms with Crippen molar-refractivity contribution in [2.75, 3.05) is 18.9 Å². The summed E-state index contributed by atoms with van der Waals surface area (Å²) in [7, 11) is -5.54. The largest absolute Gasteiger partial charge is 0.414 e. The molecule has 2 aromatic rings. The number of hydrogen-bond acceptors (Lipinski definition) is 9. The first-order chi connectivity index (χ1) is 17.0. The maximum atomic E-state index is 9.99. The van der Waals surface area contributed by atoms with Crippen molar-refractivity contribution in [1.82, 2.24) is 19.5 Å². The molecule has 3 atom stereocenters. The molecule has 3 N–H and O–H groups in total. The van der Waals surface area contributed by atoms with Gasteiger partial charge in [-0.2, -0.15) is 0 Å². The number of hydrogen-bond donors (Lipinski definition) is 2. The van der Waals surface area contributed by atoms with Crippen molar-refractivity contribution >= 4 is 34.1 Å². The number of nitrogens with two attached hydrogens (primary N) is 1. The van der Waals surface area contributed by atoms with Gasteiger partial charge < -0.3 is 28.5 Å². The van der Waals surface area contributed by atoms with E-state index in [-0.39, 0.29) is 34.9 Å². The van der Waals surface area contributed by atoms with Gasteiger partial charge >= 0.3 is 17.1 Å². The highest BCUT2D eigenvalue weighted by atomic mass is 28.5. The predicted molar refractivity (Wildman–Crippen MR) is 143 cm³/mol. The number of aromatic nitrogens is 4. The van der Waals surface area contributed by atoms with Crippen molar-refractivity contribution in [3.05, 3.63) is 24.3 Å². The van der Waals surface area contributed by atoms with Crippen LogP contribution in [0.1, 0.15) is 61.6 Å². The normalized spacial score (nSPS) is 27.4. The summed E-state index contributed by atoms with van der Waals surface area (Å²) >= 11 is 0. The Bertz CT molecular complexity index is 1090. The topological polar surface area (TPSA) is 127 Å².